The van der Waals surface area contributed by atoms with Gasteiger partial charge in [0.25, 0.3) is 0 Å². The number of benzene rings is 1. The molecule has 4 aromatic rings. The molecule has 0 radical (unpaired) electrons. The first kappa shape index (κ1) is 14.5. The number of aldehydes is 1. The predicted octanol–water partition coefficient (Wildman–Crippen LogP) is 3.20. The van der Waals surface area contributed by atoms with Gasteiger partial charge < -0.3 is 4.42 Å². The quantitative estimate of drug-likeness (QED) is 0.537. The number of thiazole rings is 1. The normalized spacial score (nSPS) is 11.0. The van der Waals surface area contributed by atoms with Crippen molar-refractivity contribution < 1.29 is 9.21 Å². The number of carbonyl (C=O) groups is 1. The van der Waals surface area contributed by atoms with Crippen molar-refractivity contribution in [3.8, 4) is 22.6 Å². The summed E-state index contributed by atoms with van der Waals surface area (Å²) in [5.74, 6) is 0.729. The van der Waals surface area contributed by atoms with E-state index >= 15 is 0 Å². The fourth-order valence-corrected chi connectivity index (χ4v) is 3.30. The number of carbonyl (C=O) groups excluding carboxylic acids is 1. The first-order valence-corrected chi connectivity index (χ1v) is 8.05. The first-order chi connectivity index (χ1) is 11.7. The number of fused-ring (bicyclic) bond motifs is 1. The molecule has 0 aliphatic rings. The van der Waals surface area contributed by atoms with Crippen LogP contribution in [-0.2, 0) is 0 Å². The minimum Gasteiger partial charge on any atom is -0.453 e. The number of nitrogens with zero attached hydrogens (tertiary/aromatic N) is 3. The fraction of sp³-hybridized carbons (Fsp3) is 0.0588. The maximum atomic E-state index is 12.4. The van der Waals surface area contributed by atoms with Gasteiger partial charge in [0.1, 0.15) is 5.76 Å². The van der Waals surface area contributed by atoms with Gasteiger partial charge in [0, 0.05) is 16.5 Å². The maximum absolute atomic E-state index is 12.4. The Bertz CT molecular complexity index is 1120. The van der Waals surface area contributed by atoms with Crippen LogP contribution in [0.5, 0.6) is 0 Å². The Morgan fingerprint density at radius 2 is 1.96 bits per heavy atom. The highest BCUT2D eigenvalue weighted by Crippen LogP contribution is 2.30. The predicted molar refractivity (Wildman–Crippen MR) is 90.4 cm³/mol. The maximum Gasteiger partial charge on any atom is 0.300 e. The second-order valence-electron chi connectivity index (χ2n) is 5.20. The highest BCUT2D eigenvalue weighted by atomic mass is 32.1. The topological polar surface area (TPSA) is 77.5 Å². The van der Waals surface area contributed by atoms with Gasteiger partial charge in [0.05, 0.1) is 5.69 Å². The van der Waals surface area contributed by atoms with Gasteiger partial charge in [0.15, 0.2) is 17.7 Å². The number of furan rings is 1. The van der Waals surface area contributed by atoms with Crippen molar-refractivity contribution in [3.05, 3.63) is 63.6 Å². The summed E-state index contributed by atoms with van der Waals surface area (Å²) in [6.45, 7) is 1.90. The van der Waals surface area contributed by atoms with Crippen molar-refractivity contribution in [2.45, 2.75) is 6.92 Å². The molecule has 1 aromatic carbocycles. The molecule has 118 valence electrons. The lowest BCUT2D eigenvalue weighted by molar-refractivity contribution is 0.110. The van der Waals surface area contributed by atoms with Crippen LogP contribution in [0.3, 0.4) is 0 Å². The summed E-state index contributed by atoms with van der Waals surface area (Å²) < 4.78 is 7.14. The number of aromatic nitrogens is 3. The molecule has 0 spiro atoms. The Balaban J connectivity index is 1.97. The van der Waals surface area contributed by atoms with Crippen LogP contribution in [0, 0.1) is 6.92 Å². The zero-order chi connectivity index (χ0) is 16.7. The average Bonchev–Trinajstić information content (AvgIpc) is 3.21. The molecule has 3 aromatic heterocycles. The van der Waals surface area contributed by atoms with Crippen LogP contribution in [0.4, 0.5) is 0 Å². The van der Waals surface area contributed by atoms with E-state index in [9.17, 15) is 9.59 Å². The van der Waals surface area contributed by atoms with Crippen molar-refractivity contribution in [1.29, 1.82) is 0 Å². The monoisotopic (exact) mass is 337 g/mol. The summed E-state index contributed by atoms with van der Waals surface area (Å²) in [6.07, 6.45) is 0.640. The molecule has 7 heteroatoms. The smallest absolute Gasteiger partial charge is 0.300 e. The van der Waals surface area contributed by atoms with Crippen molar-refractivity contribution in [2.75, 3.05) is 0 Å². The largest absolute Gasteiger partial charge is 0.453 e. The standard InChI is InChI=1S/C17H11N3O3S/c1-10-9-24-17-18-16(22)15(19-20(10)17)13-5-3-2-4-12(13)14-7-6-11(8-21)23-14/h2-9H,1H3. The van der Waals surface area contributed by atoms with Crippen molar-refractivity contribution in [2.24, 2.45) is 0 Å². The highest BCUT2D eigenvalue weighted by Gasteiger charge is 2.16. The SMILES string of the molecule is Cc1csc2nc(=O)c(-c3ccccc3-c3ccc(C=O)o3)nn12. The van der Waals surface area contributed by atoms with E-state index in [1.54, 1.807) is 22.7 Å². The van der Waals surface area contributed by atoms with Gasteiger partial charge >= 0.3 is 5.56 Å². The zero-order valence-electron chi connectivity index (χ0n) is 12.6. The molecule has 0 saturated carbocycles. The Kier molecular flexibility index (Phi) is 3.35. The summed E-state index contributed by atoms with van der Waals surface area (Å²) in [4.78, 5) is 27.9. The molecule has 0 unspecified atom stereocenters. The van der Waals surface area contributed by atoms with Gasteiger partial charge in [-0.3, -0.25) is 9.59 Å². The van der Waals surface area contributed by atoms with Gasteiger partial charge in [-0.1, -0.05) is 24.3 Å². The summed E-state index contributed by atoms with van der Waals surface area (Å²) in [5.41, 5.74) is 2.05. The third kappa shape index (κ3) is 2.26. The second-order valence-corrected chi connectivity index (χ2v) is 6.04. The van der Waals surface area contributed by atoms with E-state index < -0.39 is 5.56 Å². The van der Waals surface area contributed by atoms with Gasteiger partial charge in [-0.15, -0.1) is 11.3 Å². The van der Waals surface area contributed by atoms with Gasteiger partial charge in [0.2, 0.25) is 4.96 Å². The molecule has 24 heavy (non-hydrogen) atoms. The first-order valence-electron chi connectivity index (χ1n) is 7.17. The number of hydrogen-bond donors (Lipinski definition) is 0. The Morgan fingerprint density at radius 3 is 2.71 bits per heavy atom. The van der Waals surface area contributed by atoms with E-state index in [1.165, 1.54) is 11.3 Å². The van der Waals surface area contributed by atoms with Crippen LogP contribution >= 0.6 is 11.3 Å². The molecule has 0 N–H and O–H groups in total. The van der Waals surface area contributed by atoms with E-state index in [4.69, 9.17) is 4.42 Å². The summed E-state index contributed by atoms with van der Waals surface area (Å²) in [7, 11) is 0. The number of rotatable bonds is 3. The Hall–Kier alpha value is -3.06. The number of aryl methyl sites for hydroxylation is 1. The van der Waals surface area contributed by atoms with Gasteiger partial charge in [-0.2, -0.15) is 10.1 Å². The lowest BCUT2D eigenvalue weighted by atomic mass is 10.0. The molecule has 0 atom stereocenters. The molecule has 0 bridgehead atoms. The molecule has 6 nitrogen and oxygen atoms in total. The van der Waals surface area contributed by atoms with Crippen LogP contribution in [0.1, 0.15) is 16.2 Å². The zero-order valence-corrected chi connectivity index (χ0v) is 13.4. The highest BCUT2D eigenvalue weighted by molar-refractivity contribution is 7.15. The number of hydrogen-bond acceptors (Lipinski definition) is 6. The lowest BCUT2D eigenvalue weighted by Gasteiger charge is -2.06. The molecule has 0 fully saturated rings. The molecule has 0 aliphatic carbocycles. The third-order valence-electron chi connectivity index (χ3n) is 3.64. The van der Waals surface area contributed by atoms with Crippen LogP contribution in [0.2, 0.25) is 0 Å². The van der Waals surface area contributed by atoms with Crippen molar-refractivity contribution >= 4 is 22.6 Å². The molecule has 0 saturated heterocycles. The van der Waals surface area contributed by atoms with E-state index in [0.29, 0.717) is 28.1 Å². The van der Waals surface area contributed by atoms with E-state index in [-0.39, 0.29) is 11.5 Å². The van der Waals surface area contributed by atoms with E-state index in [2.05, 4.69) is 10.1 Å². The van der Waals surface area contributed by atoms with Gasteiger partial charge in [-0.25, -0.2) is 4.52 Å². The summed E-state index contributed by atoms with van der Waals surface area (Å²) >= 11 is 1.37. The molecule has 0 amide bonds. The van der Waals surface area contributed by atoms with Crippen molar-refractivity contribution in [1.82, 2.24) is 14.6 Å². The molecular weight excluding hydrogens is 326 g/mol. The molecule has 3 heterocycles. The summed E-state index contributed by atoms with van der Waals surface area (Å²) in [6, 6.07) is 10.5. The minimum absolute atomic E-state index is 0.228. The Morgan fingerprint density at radius 1 is 1.17 bits per heavy atom. The van der Waals surface area contributed by atoms with Crippen LogP contribution in [-0.4, -0.2) is 20.9 Å². The molecule has 0 aliphatic heterocycles. The van der Waals surface area contributed by atoms with Crippen LogP contribution in [0.25, 0.3) is 27.5 Å². The molecule has 4 rings (SSSR count). The van der Waals surface area contributed by atoms with E-state index in [1.807, 2.05) is 30.5 Å². The molecular formula is C17H11N3O3S. The summed E-state index contributed by atoms with van der Waals surface area (Å²) in [5, 5.41) is 6.35. The fourth-order valence-electron chi connectivity index (χ4n) is 2.50. The lowest BCUT2D eigenvalue weighted by Crippen LogP contribution is -2.15. The van der Waals surface area contributed by atoms with E-state index in [0.717, 1.165) is 5.69 Å². The van der Waals surface area contributed by atoms with Crippen molar-refractivity contribution in [3.63, 3.8) is 0 Å². The Labute approximate surface area is 140 Å². The second kappa shape index (κ2) is 5.54. The van der Waals surface area contributed by atoms with Crippen LogP contribution in [0.15, 0.2) is 51.0 Å². The third-order valence-corrected chi connectivity index (χ3v) is 4.57. The average molecular weight is 337 g/mol. The minimum atomic E-state index is -0.397. The van der Waals surface area contributed by atoms with Gasteiger partial charge in [-0.05, 0) is 19.1 Å². The van der Waals surface area contributed by atoms with Crippen LogP contribution < -0.4 is 5.56 Å².